The van der Waals surface area contributed by atoms with E-state index in [9.17, 15) is 10.1 Å². The molecule has 0 saturated carbocycles. The Kier molecular flexibility index (Phi) is 4.49. The fourth-order valence-electron chi connectivity index (χ4n) is 1.82. The molecule has 0 radical (unpaired) electrons. The van der Waals surface area contributed by atoms with Gasteiger partial charge in [-0.15, -0.1) is 0 Å². The molecule has 2 rings (SSSR count). The van der Waals surface area contributed by atoms with Crippen molar-refractivity contribution in [3.05, 3.63) is 69.8 Å². The van der Waals surface area contributed by atoms with Crippen molar-refractivity contribution in [2.75, 3.05) is 12.1 Å². The van der Waals surface area contributed by atoms with Crippen LogP contribution in [-0.2, 0) is 11.4 Å². The minimum absolute atomic E-state index is 0.119. The molecule has 0 aliphatic carbocycles. The summed E-state index contributed by atoms with van der Waals surface area (Å²) in [6.07, 6.45) is 0. The second-order valence-corrected chi connectivity index (χ2v) is 4.33. The van der Waals surface area contributed by atoms with E-state index in [0.29, 0.717) is 12.3 Å². The van der Waals surface area contributed by atoms with Gasteiger partial charge >= 0.3 is 0 Å². The normalized spacial score (nSPS) is 9.90. The lowest BCUT2D eigenvalue weighted by Crippen LogP contribution is -2.18. The van der Waals surface area contributed by atoms with Crippen molar-refractivity contribution in [2.45, 2.75) is 6.61 Å². The van der Waals surface area contributed by atoms with Gasteiger partial charge in [0, 0.05) is 19.2 Å². The molecule has 106 valence electrons. The third-order valence-corrected chi connectivity index (χ3v) is 2.92. The Bertz CT molecular complexity index is 680. The van der Waals surface area contributed by atoms with Crippen molar-refractivity contribution in [3.63, 3.8) is 0 Å². The monoisotopic (exact) mass is 283 g/mol. The fourth-order valence-corrected chi connectivity index (χ4v) is 1.82. The van der Waals surface area contributed by atoms with Crippen LogP contribution in [0.15, 0.2) is 48.5 Å². The zero-order valence-electron chi connectivity index (χ0n) is 11.4. The van der Waals surface area contributed by atoms with Crippen LogP contribution < -0.4 is 5.06 Å². The van der Waals surface area contributed by atoms with E-state index in [1.807, 2.05) is 36.4 Å². The van der Waals surface area contributed by atoms with Crippen LogP contribution in [0.5, 0.6) is 0 Å². The minimum atomic E-state index is -0.532. The Morgan fingerprint density at radius 1 is 1.29 bits per heavy atom. The third-order valence-electron chi connectivity index (χ3n) is 2.92. The van der Waals surface area contributed by atoms with Gasteiger partial charge in [0.25, 0.3) is 5.69 Å². The van der Waals surface area contributed by atoms with E-state index in [4.69, 9.17) is 10.1 Å². The van der Waals surface area contributed by atoms with Gasteiger partial charge in [0.05, 0.1) is 22.8 Å². The fraction of sp³-hybridized carbons (Fsp3) is 0.133. The summed E-state index contributed by atoms with van der Waals surface area (Å²) >= 11 is 0. The molecule has 0 heterocycles. The van der Waals surface area contributed by atoms with E-state index < -0.39 is 4.92 Å². The van der Waals surface area contributed by atoms with Crippen molar-refractivity contribution >= 4 is 11.4 Å². The first-order valence-electron chi connectivity index (χ1n) is 6.21. The maximum absolute atomic E-state index is 10.7. The predicted octanol–water partition coefficient (Wildman–Crippen LogP) is 3.03. The third kappa shape index (κ3) is 3.55. The molecule has 0 fully saturated rings. The van der Waals surface area contributed by atoms with Gasteiger partial charge in [-0.3, -0.25) is 20.0 Å². The highest BCUT2D eigenvalue weighted by Gasteiger charge is 2.14. The van der Waals surface area contributed by atoms with E-state index in [-0.39, 0.29) is 11.3 Å². The Hall–Kier alpha value is -2.91. The van der Waals surface area contributed by atoms with Crippen LogP contribution in [-0.4, -0.2) is 12.0 Å². The molecule has 0 aliphatic rings. The van der Waals surface area contributed by atoms with Crippen molar-refractivity contribution in [3.8, 4) is 6.07 Å². The molecule has 0 atom stereocenters. The Balaban J connectivity index is 2.14. The number of benzene rings is 2. The first-order valence-corrected chi connectivity index (χ1v) is 6.21. The number of nitrogens with zero attached hydrogens (tertiary/aromatic N) is 3. The van der Waals surface area contributed by atoms with Crippen LogP contribution >= 0.6 is 0 Å². The first-order chi connectivity index (χ1) is 10.1. The van der Waals surface area contributed by atoms with E-state index in [0.717, 1.165) is 5.56 Å². The average molecular weight is 283 g/mol. The number of non-ortho nitro benzene ring substituents is 1. The average Bonchev–Trinajstić information content (AvgIpc) is 2.52. The lowest BCUT2D eigenvalue weighted by Gasteiger charge is -2.19. The highest BCUT2D eigenvalue weighted by atomic mass is 16.7. The first kappa shape index (κ1) is 14.5. The van der Waals surface area contributed by atoms with E-state index in [1.165, 1.54) is 23.3 Å². The number of nitro benzene ring substituents is 1. The molecule has 0 spiro atoms. The summed E-state index contributed by atoms with van der Waals surface area (Å²) in [7, 11) is 1.66. The second kappa shape index (κ2) is 6.50. The van der Waals surface area contributed by atoms with Crippen molar-refractivity contribution < 1.29 is 9.76 Å². The highest BCUT2D eigenvalue weighted by Crippen LogP contribution is 2.24. The number of hydrogen-bond donors (Lipinski definition) is 0. The van der Waals surface area contributed by atoms with Crippen LogP contribution in [0.1, 0.15) is 11.1 Å². The molecule has 0 bridgehead atoms. The van der Waals surface area contributed by atoms with Gasteiger partial charge in [-0.05, 0) is 11.6 Å². The molecule has 0 saturated heterocycles. The number of nitro groups is 1. The maximum atomic E-state index is 10.7. The van der Waals surface area contributed by atoms with Crippen LogP contribution in [0.25, 0.3) is 0 Å². The molecule has 2 aromatic carbocycles. The van der Waals surface area contributed by atoms with Gasteiger partial charge < -0.3 is 0 Å². The number of rotatable bonds is 5. The molecule has 21 heavy (non-hydrogen) atoms. The van der Waals surface area contributed by atoms with Crippen LogP contribution in [0.4, 0.5) is 11.4 Å². The molecule has 6 nitrogen and oxygen atoms in total. The summed E-state index contributed by atoms with van der Waals surface area (Å²) < 4.78 is 0. The predicted molar refractivity (Wildman–Crippen MR) is 77.4 cm³/mol. The summed E-state index contributed by atoms with van der Waals surface area (Å²) in [5, 5.41) is 21.3. The zero-order chi connectivity index (χ0) is 15.2. The zero-order valence-corrected chi connectivity index (χ0v) is 11.4. The number of nitriles is 1. The SMILES string of the molecule is CN(OCc1ccccc1)c1ccc([N+](=O)[O-])cc1C#N. The second-order valence-electron chi connectivity index (χ2n) is 4.33. The van der Waals surface area contributed by atoms with Crippen molar-refractivity contribution in [2.24, 2.45) is 0 Å². The Morgan fingerprint density at radius 2 is 2.00 bits per heavy atom. The molecular formula is C15H13N3O3. The number of hydrogen-bond acceptors (Lipinski definition) is 5. The quantitative estimate of drug-likeness (QED) is 0.622. The smallest absolute Gasteiger partial charge is 0.269 e. The summed E-state index contributed by atoms with van der Waals surface area (Å²) in [4.78, 5) is 15.7. The Labute approximate surface area is 121 Å². The molecule has 0 aromatic heterocycles. The molecule has 0 unspecified atom stereocenters. The lowest BCUT2D eigenvalue weighted by molar-refractivity contribution is -0.384. The van der Waals surface area contributed by atoms with Gasteiger partial charge in [-0.2, -0.15) is 5.26 Å². The highest BCUT2D eigenvalue weighted by molar-refractivity contribution is 5.61. The van der Waals surface area contributed by atoms with Crippen LogP contribution in [0, 0.1) is 21.4 Å². The number of hydroxylamine groups is 1. The summed E-state index contributed by atoms with van der Waals surface area (Å²) in [6, 6.07) is 15.6. The van der Waals surface area contributed by atoms with Crippen LogP contribution in [0.3, 0.4) is 0 Å². The number of anilines is 1. The summed E-state index contributed by atoms with van der Waals surface area (Å²) in [5.41, 5.74) is 1.55. The van der Waals surface area contributed by atoms with Gasteiger partial charge in [0.15, 0.2) is 0 Å². The van der Waals surface area contributed by atoms with Gasteiger partial charge in [0.1, 0.15) is 6.07 Å². The van der Waals surface area contributed by atoms with Gasteiger partial charge in [0.2, 0.25) is 0 Å². The van der Waals surface area contributed by atoms with E-state index >= 15 is 0 Å². The summed E-state index contributed by atoms with van der Waals surface area (Å²) in [6.45, 7) is 0.346. The van der Waals surface area contributed by atoms with Crippen LogP contribution in [0.2, 0.25) is 0 Å². The molecule has 2 aromatic rings. The molecule has 0 aliphatic heterocycles. The topological polar surface area (TPSA) is 79.4 Å². The lowest BCUT2D eigenvalue weighted by atomic mass is 10.1. The van der Waals surface area contributed by atoms with E-state index in [1.54, 1.807) is 7.05 Å². The van der Waals surface area contributed by atoms with Gasteiger partial charge in [-0.25, -0.2) is 0 Å². The molecule has 0 N–H and O–H groups in total. The molecule has 0 amide bonds. The Morgan fingerprint density at radius 3 is 2.62 bits per heavy atom. The maximum Gasteiger partial charge on any atom is 0.270 e. The standard InChI is InChI=1S/C15H13N3O3/c1-17(21-11-12-5-3-2-4-6-12)15-8-7-14(18(19)20)9-13(15)10-16/h2-9H,11H2,1H3. The van der Waals surface area contributed by atoms with Crippen molar-refractivity contribution in [1.29, 1.82) is 5.26 Å². The van der Waals surface area contributed by atoms with Crippen molar-refractivity contribution in [1.82, 2.24) is 0 Å². The largest absolute Gasteiger partial charge is 0.270 e. The van der Waals surface area contributed by atoms with Gasteiger partial charge in [-0.1, -0.05) is 30.3 Å². The summed E-state index contributed by atoms with van der Waals surface area (Å²) in [5.74, 6) is 0. The molecular weight excluding hydrogens is 270 g/mol. The molecule has 6 heteroatoms. The van der Waals surface area contributed by atoms with E-state index in [2.05, 4.69) is 0 Å². The minimum Gasteiger partial charge on any atom is -0.269 e.